The second-order valence-corrected chi connectivity index (χ2v) is 14.1. The summed E-state index contributed by atoms with van der Waals surface area (Å²) in [5.41, 5.74) is -0.608. The van der Waals surface area contributed by atoms with Crippen LogP contribution in [0.5, 0.6) is 0 Å². The summed E-state index contributed by atoms with van der Waals surface area (Å²) in [4.78, 5) is 26.1. The molecule has 1 saturated heterocycles. The van der Waals surface area contributed by atoms with Gasteiger partial charge in [0.05, 0.1) is 19.9 Å². The minimum atomic E-state index is -2.36. The first-order valence-electron chi connectivity index (χ1n) is 9.22. The van der Waals surface area contributed by atoms with Crippen molar-refractivity contribution in [2.45, 2.75) is 82.6 Å². The molecule has 0 aliphatic carbocycles. The van der Waals surface area contributed by atoms with Gasteiger partial charge in [-0.15, -0.1) is 0 Å². The van der Waals surface area contributed by atoms with Gasteiger partial charge < -0.3 is 14.9 Å². The molecule has 1 aliphatic heterocycles. The molecule has 0 aromatic carbocycles. The Balaban J connectivity index is 2.47. The van der Waals surface area contributed by atoms with Crippen molar-refractivity contribution in [3.05, 3.63) is 32.6 Å². The van der Waals surface area contributed by atoms with Gasteiger partial charge in [-0.2, -0.15) is 0 Å². The van der Waals surface area contributed by atoms with E-state index < -0.39 is 36.9 Å². The van der Waals surface area contributed by atoms with Gasteiger partial charge in [-0.3, -0.25) is 14.3 Å². The molecular formula is C18H32N2O5Si. The fourth-order valence-corrected chi connectivity index (χ4v) is 7.78. The maximum absolute atomic E-state index is 12.2. The third-order valence-electron chi connectivity index (χ3n) is 6.61. The molecule has 0 spiro atoms. The highest BCUT2D eigenvalue weighted by atomic mass is 28.3. The van der Waals surface area contributed by atoms with Crippen LogP contribution < -0.4 is 11.2 Å². The molecule has 26 heavy (non-hydrogen) atoms. The summed E-state index contributed by atoms with van der Waals surface area (Å²) in [6, 6.07) is 0. The third kappa shape index (κ3) is 3.24. The van der Waals surface area contributed by atoms with Crippen LogP contribution in [-0.4, -0.2) is 45.8 Å². The maximum atomic E-state index is 12.2. The predicted molar refractivity (Wildman–Crippen MR) is 103 cm³/mol. The van der Waals surface area contributed by atoms with E-state index in [-0.39, 0.29) is 18.1 Å². The Kier molecular flexibility index (Phi) is 5.73. The fourth-order valence-electron chi connectivity index (χ4n) is 4.09. The van der Waals surface area contributed by atoms with Crippen molar-refractivity contribution in [1.82, 2.24) is 9.55 Å². The van der Waals surface area contributed by atoms with Gasteiger partial charge in [-0.1, -0.05) is 46.7 Å². The van der Waals surface area contributed by atoms with Gasteiger partial charge in [-0.05, 0) is 12.0 Å². The van der Waals surface area contributed by atoms with Crippen LogP contribution >= 0.6 is 0 Å². The number of aromatic amines is 1. The number of aromatic nitrogens is 2. The number of H-pyrrole nitrogens is 1. The van der Waals surface area contributed by atoms with Crippen molar-refractivity contribution in [1.29, 1.82) is 0 Å². The molecule has 0 saturated carbocycles. The van der Waals surface area contributed by atoms with Gasteiger partial charge in [0.2, 0.25) is 0 Å². The standard InChI is InChI=1S/C18H32N2O5Si/c1-7-8-17(3,4)26(5,6)18(24)9-14(25-13(18)11-21)20-10-12(2)15(22)19-16(20)23/h10,13-14,21,24H,7-9,11H2,1-6H3,(H,19,22,23)/t13-,14-,18-/m1/s1. The van der Waals surface area contributed by atoms with Crippen LogP contribution in [0.15, 0.2) is 15.8 Å². The SMILES string of the molecule is CCCC(C)(C)[Si](C)(C)[C@]1(O)C[C@H](n2cc(C)c(=O)[nH]c2=O)O[C@@H]1CO. The van der Waals surface area contributed by atoms with Crippen molar-refractivity contribution < 1.29 is 14.9 Å². The molecule has 3 N–H and O–H groups in total. The number of aliphatic hydroxyl groups is 2. The monoisotopic (exact) mass is 384 g/mol. The van der Waals surface area contributed by atoms with Crippen molar-refractivity contribution in [2.75, 3.05) is 6.61 Å². The quantitative estimate of drug-likeness (QED) is 0.647. The highest BCUT2D eigenvalue weighted by molar-refractivity contribution is 6.83. The lowest BCUT2D eigenvalue weighted by atomic mass is 10.1. The molecule has 1 aromatic rings. The van der Waals surface area contributed by atoms with Gasteiger partial charge >= 0.3 is 5.69 Å². The van der Waals surface area contributed by atoms with Crippen molar-refractivity contribution in [3.63, 3.8) is 0 Å². The van der Waals surface area contributed by atoms with Gasteiger partial charge in [0.1, 0.15) is 12.3 Å². The number of ether oxygens (including phenoxy) is 1. The van der Waals surface area contributed by atoms with Crippen LogP contribution in [-0.2, 0) is 4.74 Å². The van der Waals surface area contributed by atoms with Gasteiger partial charge in [0.25, 0.3) is 5.56 Å². The zero-order valence-electron chi connectivity index (χ0n) is 16.6. The average molecular weight is 385 g/mol. The Bertz CT molecular complexity index is 770. The first-order chi connectivity index (χ1) is 11.9. The van der Waals surface area contributed by atoms with Gasteiger partial charge in [-0.25, -0.2) is 4.79 Å². The Labute approximate surface area is 155 Å². The number of rotatable bonds is 6. The molecule has 0 bridgehead atoms. The minimum absolute atomic E-state index is 0.0753. The van der Waals surface area contributed by atoms with E-state index in [1.807, 2.05) is 0 Å². The van der Waals surface area contributed by atoms with E-state index >= 15 is 0 Å². The number of hydrogen-bond donors (Lipinski definition) is 3. The smallest absolute Gasteiger partial charge is 0.330 e. The Morgan fingerprint density at radius 3 is 2.58 bits per heavy atom. The number of aliphatic hydroxyl groups excluding tert-OH is 1. The Morgan fingerprint density at radius 2 is 2.04 bits per heavy atom. The third-order valence-corrected chi connectivity index (χ3v) is 12.9. The minimum Gasteiger partial charge on any atom is -0.394 e. The second-order valence-electron chi connectivity index (χ2n) is 8.63. The predicted octanol–water partition coefficient (Wildman–Crippen LogP) is 1.68. The molecule has 1 aliphatic rings. The fraction of sp³-hybridized carbons (Fsp3) is 0.778. The summed E-state index contributed by atoms with van der Waals surface area (Å²) >= 11 is 0. The molecular weight excluding hydrogens is 352 g/mol. The van der Waals surface area contributed by atoms with E-state index in [0.29, 0.717) is 5.56 Å². The summed E-state index contributed by atoms with van der Waals surface area (Å²) < 4.78 is 7.24. The largest absolute Gasteiger partial charge is 0.394 e. The Morgan fingerprint density at radius 1 is 1.42 bits per heavy atom. The van der Waals surface area contributed by atoms with Gasteiger partial charge in [0.15, 0.2) is 0 Å². The highest BCUT2D eigenvalue weighted by Gasteiger charge is 2.62. The van der Waals surface area contributed by atoms with E-state index in [9.17, 15) is 19.8 Å². The summed E-state index contributed by atoms with van der Waals surface area (Å²) in [7, 11) is -2.36. The van der Waals surface area contributed by atoms with Crippen molar-refractivity contribution in [3.8, 4) is 0 Å². The van der Waals surface area contributed by atoms with Gasteiger partial charge in [0, 0.05) is 18.2 Å². The summed E-state index contributed by atoms with van der Waals surface area (Å²) in [5.74, 6) is 0. The molecule has 3 atom stereocenters. The normalized spacial score (nSPS) is 27.1. The molecule has 2 heterocycles. The van der Waals surface area contributed by atoms with E-state index in [4.69, 9.17) is 4.74 Å². The molecule has 8 heteroatoms. The van der Waals surface area contributed by atoms with E-state index in [1.165, 1.54) is 10.8 Å². The van der Waals surface area contributed by atoms with Crippen LogP contribution in [0.1, 0.15) is 51.8 Å². The number of aryl methyl sites for hydroxylation is 1. The molecule has 0 radical (unpaired) electrons. The summed E-state index contributed by atoms with van der Waals surface area (Å²) in [5, 5.41) is 20.3. The molecule has 1 fully saturated rings. The zero-order chi connectivity index (χ0) is 19.9. The van der Waals surface area contributed by atoms with Crippen LogP contribution in [0.4, 0.5) is 0 Å². The lowest BCUT2D eigenvalue weighted by molar-refractivity contribution is -0.0598. The van der Waals surface area contributed by atoms with Crippen LogP contribution in [0.3, 0.4) is 0 Å². The van der Waals surface area contributed by atoms with Crippen molar-refractivity contribution >= 4 is 8.07 Å². The molecule has 0 amide bonds. The van der Waals surface area contributed by atoms with Crippen molar-refractivity contribution in [2.24, 2.45) is 0 Å². The topological polar surface area (TPSA) is 105 Å². The highest BCUT2D eigenvalue weighted by Crippen LogP contribution is 2.53. The molecule has 0 unspecified atom stereocenters. The second kappa shape index (κ2) is 7.07. The van der Waals surface area contributed by atoms with Crippen LogP contribution in [0, 0.1) is 6.92 Å². The first kappa shape index (κ1) is 21.1. The van der Waals surface area contributed by atoms with E-state index in [2.05, 4.69) is 38.8 Å². The lowest BCUT2D eigenvalue weighted by Crippen LogP contribution is -2.65. The molecule has 1 aromatic heterocycles. The number of nitrogens with one attached hydrogen (secondary N) is 1. The molecule has 148 valence electrons. The van der Waals surface area contributed by atoms with Crippen LogP contribution in [0.25, 0.3) is 0 Å². The van der Waals surface area contributed by atoms with Crippen LogP contribution in [0.2, 0.25) is 18.1 Å². The Hall–Kier alpha value is -1.22. The zero-order valence-corrected chi connectivity index (χ0v) is 17.6. The van der Waals surface area contributed by atoms with E-state index in [0.717, 1.165) is 12.8 Å². The summed E-state index contributed by atoms with van der Waals surface area (Å²) in [6.45, 7) is 12.0. The van der Waals surface area contributed by atoms with E-state index in [1.54, 1.807) is 6.92 Å². The summed E-state index contributed by atoms with van der Waals surface area (Å²) in [6.07, 6.45) is 2.17. The number of hydrogen-bond acceptors (Lipinski definition) is 5. The average Bonchev–Trinajstić information content (AvgIpc) is 2.89. The number of nitrogens with zero attached hydrogens (tertiary/aromatic N) is 1. The molecule has 2 rings (SSSR count). The lowest BCUT2D eigenvalue weighted by Gasteiger charge is -2.50. The first-order valence-corrected chi connectivity index (χ1v) is 12.2. The molecule has 7 nitrogen and oxygen atoms in total. The maximum Gasteiger partial charge on any atom is 0.330 e.